The average molecular weight is 306 g/mol. The number of aromatic nitrogens is 2. The van der Waals surface area contributed by atoms with Crippen molar-refractivity contribution in [1.29, 1.82) is 0 Å². The zero-order valence-electron chi connectivity index (χ0n) is 11.7. The van der Waals surface area contributed by atoms with Gasteiger partial charge < -0.3 is 4.42 Å². The lowest BCUT2D eigenvalue weighted by atomic mass is 10.1. The third kappa shape index (κ3) is 3.68. The minimum Gasteiger partial charge on any atom is -0.468 e. The van der Waals surface area contributed by atoms with Gasteiger partial charge in [-0.2, -0.15) is 0 Å². The van der Waals surface area contributed by atoms with Gasteiger partial charge in [-0.05, 0) is 31.5 Å². The molecule has 1 atom stereocenters. The highest BCUT2D eigenvalue weighted by molar-refractivity contribution is 7.13. The Balaban J connectivity index is 1.66. The minimum atomic E-state index is -0.0507. The zero-order chi connectivity index (χ0) is 14.5. The summed E-state index contributed by atoms with van der Waals surface area (Å²) in [5.41, 5.74) is 1.60. The number of nitrogens with one attached hydrogen (secondary N) is 1. The molecule has 0 bridgehead atoms. The minimum absolute atomic E-state index is 0.0507. The van der Waals surface area contributed by atoms with Gasteiger partial charge in [0.25, 0.3) is 0 Å². The molecule has 3 rings (SSSR count). The van der Waals surface area contributed by atoms with E-state index in [1.54, 1.807) is 11.8 Å². The Morgan fingerprint density at radius 1 is 1.48 bits per heavy atom. The van der Waals surface area contributed by atoms with Gasteiger partial charge in [0.1, 0.15) is 11.3 Å². The summed E-state index contributed by atoms with van der Waals surface area (Å²) in [5.74, 6) is 0.894. The Morgan fingerprint density at radius 2 is 2.43 bits per heavy atom. The Kier molecular flexibility index (Phi) is 4.62. The molecule has 3 heterocycles. The number of hydrogen-bond donors (Lipinski definition) is 1. The first-order chi connectivity index (χ1) is 10.3. The zero-order valence-corrected chi connectivity index (χ0v) is 12.5. The molecule has 112 valence electrons. The van der Waals surface area contributed by atoms with Crippen LogP contribution in [0.5, 0.6) is 0 Å². The van der Waals surface area contributed by atoms with Crippen molar-refractivity contribution >= 4 is 22.4 Å². The fourth-order valence-electron chi connectivity index (χ4n) is 2.73. The molecule has 0 radical (unpaired) electrons. The molecule has 0 spiro atoms. The van der Waals surface area contributed by atoms with Crippen LogP contribution in [0.25, 0.3) is 0 Å². The van der Waals surface area contributed by atoms with Crippen molar-refractivity contribution in [3.05, 3.63) is 29.7 Å². The molecule has 0 unspecified atom stereocenters. The van der Waals surface area contributed by atoms with Crippen molar-refractivity contribution in [2.24, 2.45) is 0 Å². The third-order valence-electron chi connectivity index (χ3n) is 3.69. The summed E-state index contributed by atoms with van der Waals surface area (Å²) in [5, 5.41) is 10.9. The summed E-state index contributed by atoms with van der Waals surface area (Å²) in [6.07, 6.45) is 6.20. The van der Waals surface area contributed by atoms with Gasteiger partial charge in [-0.1, -0.05) is 24.2 Å². The standard InChI is InChI=1S/C14H18N4O2S/c19-13(16-14-17-15-10-21-14)9-18-7-3-1-2-5-11(18)12-6-4-8-20-12/h4,6,8,10-11H,1-3,5,7,9H2,(H,16,17,19)/t11-/m0/s1. The summed E-state index contributed by atoms with van der Waals surface area (Å²) < 4.78 is 5.55. The number of hydrogen-bond acceptors (Lipinski definition) is 6. The normalized spacial score (nSPS) is 20.1. The van der Waals surface area contributed by atoms with Gasteiger partial charge in [0.15, 0.2) is 0 Å². The third-order valence-corrected chi connectivity index (χ3v) is 4.30. The van der Waals surface area contributed by atoms with Gasteiger partial charge in [0.2, 0.25) is 11.0 Å². The maximum absolute atomic E-state index is 12.2. The molecule has 21 heavy (non-hydrogen) atoms. The molecule has 1 amide bonds. The molecule has 1 N–H and O–H groups in total. The fourth-order valence-corrected chi connectivity index (χ4v) is 3.19. The van der Waals surface area contributed by atoms with Crippen LogP contribution in [0.3, 0.4) is 0 Å². The molecule has 6 nitrogen and oxygen atoms in total. The van der Waals surface area contributed by atoms with E-state index < -0.39 is 0 Å². The van der Waals surface area contributed by atoms with Crippen molar-refractivity contribution in [3.8, 4) is 0 Å². The highest BCUT2D eigenvalue weighted by Crippen LogP contribution is 2.30. The SMILES string of the molecule is O=C(CN1CCCCC[C@H]1c1ccco1)Nc1nncs1. The Morgan fingerprint density at radius 3 is 3.19 bits per heavy atom. The summed E-state index contributed by atoms with van der Waals surface area (Å²) in [6.45, 7) is 1.26. The molecule has 0 saturated carbocycles. The largest absolute Gasteiger partial charge is 0.468 e. The van der Waals surface area contributed by atoms with Gasteiger partial charge in [0.05, 0.1) is 18.8 Å². The van der Waals surface area contributed by atoms with E-state index in [1.807, 2.05) is 12.1 Å². The van der Waals surface area contributed by atoms with Gasteiger partial charge in [-0.25, -0.2) is 0 Å². The second-order valence-electron chi connectivity index (χ2n) is 5.14. The first kappa shape index (κ1) is 14.2. The van der Waals surface area contributed by atoms with E-state index in [0.29, 0.717) is 11.7 Å². The first-order valence-corrected chi connectivity index (χ1v) is 8.04. The number of likely N-dealkylation sites (tertiary alicyclic amines) is 1. The number of carbonyl (C=O) groups is 1. The lowest BCUT2D eigenvalue weighted by Crippen LogP contribution is -2.36. The molecule has 7 heteroatoms. The summed E-state index contributed by atoms with van der Waals surface area (Å²) >= 11 is 1.32. The van der Waals surface area contributed by atoms with Gasteiger partial charge >= 0.3 is 0 Å². The maximum Gasteiger partial charge on any atom is 0.240 e. The summed E-state index contributed by atoms with van der Waals surface area (Å²) in [4.78, 5) is 14.4. The van der Waals surface area contributed by atoms with Crippen molar-refractivity contribution < 1.29 is 9.21 Å². The number of amides is 1. The van der Waals surface area contributed by atoms with Crippen molar-refractivity contribution in [2.75, 3.05) is 18.4 Å². The highest BCUT2D eigenvalue weighted by atomic mass is 32.1. The van der Waals surface area contributed by atoms with E-state index in [4.69, 9.17) is 4.42 Å². The monoisotopic (exact) mass is 306 g/mol. The summed E-state index contributed by atoms with van der Waals surface area (Å²) in [6, 6.07) is 4.08. The molecule has 1 fully saturated rings. The molecule has 1 saturated heterocycles. The van der Waals surface area contributed by atoms with Crippen LogP contribution >= 0.6 is 11.3 Å². The fraction of sp³-hybridized carbons (Fsp3) is 0.500. The molecule has 1 aliphatic rings. The van der Waals surface area contributed by atoms with Crippen molar-refractivity contribution in [1.82, 2.24) is 15.1 Å². The number of anilines is 1. The van der Waals surface area contributed by atoms with Gasteiger partial charge in [-0.15, -0.1) is 10.2 Å². The predicted octanol–water partition coefficient (Wildman–Crippen LogP) is 2.69. The van der Waals surface area contributed by atoms with E-state index in [-0.39, 0.29) is 11.9 Å². The first-order valence-electron chi connectivity index (χ1n) is 7.16. The van der Waals surface area contributed by atoms with Crippen LogP contribution in [-0.4, -0.2) is 34.1 Å². The second-order valence-corrected chi connectivity index (χ2v) is 5.98. The Hall–Kier alpha value is -1.73. The van der Waals surface area contributed by atoms with E-state index in [9.17, 15) is 4.79 Å². The van der Waals surface area contributed by atoms with Gasteiger partial charge in [0, 0.05) is 0 Å². The van der Waals surface area contributed by atoms with Crippen LogP contribution in [0.4, 0.5) is 5.13 Å². The maximum atomic E-state index is 12.2. The molecular weight excluding hydrogens is 288 g/mol. The predicted molar refractivity (Wildman–Crippen MR) is 80.0 cm³/mol. The molecule has 2 aromatic rings. The topological polar surface area (TPSA) is 71.3 Å². The van der Waals surface area contributed by atoms with E-state index in [2.05, 4.69) is 20.4 Å². The Bertz CT molecular complexity index is 556. The number of carbonyl (C=O) groups excluding carboxylic acids is 1. The highest BCUT2D eigenvalue weighted by Gasteiger charge is 2.26. The van der Waals surface area contributed by atoms with E-state index >= 15 is 0 Å². The molecule has 2 aromatic heterocycles. The van der Waals surface area contributed by atoms with Crippen LogP contribution < -0.4 is 5.32 Å². The van der Waals surface area contributed by atoms with E-state index in [1.165, 1.54) is 24.2 Å². The van der Waals surface area contributed by atoms with Crippen LogP contribution in [-0.2, 0) is 4.79 Å². The molecule has 1 aliphatic heterocycles. The smallest absolute Gasteiger partial charge is 0.240 e. The van der Waals surface area contributed by atoms with Crippen LogP contribution in [0.15, 0.2) is 28.3 Å². The number of nitrogens with zero attached hydrogens (tertiary/aromatic N) is 3. The number of rotatable bonds is 4. The van der Waals surface area contributed by atoms with Crippen molar-refractivity contribution in [3.63, 3.8) is 0 Å². The quantitative estimate of drug-likeness (QED) is 0.940. The van der Waals surface area contributed by atoms with E-state index in [0.717, 1.165) is 25.1 Å². The molecule has 0 aromatic carbocycles. The van der Waals surface area contributed by atoms with Crippen LogP contribution in [0.1, 0.15) is 37.5 Å². The average Bonchev–Trinajstić information content (AvgIpc) is 3.12. The van der Waals surface area contributed by atoms with Crippen molar-refractivity contribution in [2.45, 2.75) is 31.7 Å². The molecular formula is C14H18N4O2S. The second kappa shape index (κ2) is 6.82. The lowest BCUT2D eigenvalue weighted by Gasteiger charge is -2.27. The summed E-state index contributed by atoms with van der Waals surface area (Å²) in [7, 11) is 0. The lowest BCUT2D eigenvalue weighted by molar-refractivity contribution is -0.118. The van der Waals surface area contributed by atoms with Crippen LogP contribution in [0.2, 0.25) is 0 Å². The Labute approximate surface area is 127 Å². The van der Waals surface area contributed by atoms with Crippen LogP contribution in [0, 0.1) is 0 Å². The number of furan rings is 1. The molecule has 0 aliphatic carbocycles. The van der Waals surface area contributed by atoms with Gasteiger partial charge in [-0.3, -0.25) is 15.0 Å².